The Labute approximate surface area is 133 Å². The summed E-state index contributed by atoms with van der Waals surface area (Å²) in [4.78, 5) is 14.8. The number of carbonyl (C=O) groups excluding carboxylic acids is 1. The molecule has 23 heavy (non-hydrogen) atoms. The SMILES string of the molecule is O=C([O-])/C=C/c1cn(Cc2ccccc2)nc1-c1cccnc1. The topological polar surface area (TPSA) is 70.8 Å². The highest BCUT2D eigenvalue weighted by atomic mass is 16.4. The van der Waals surface area contributed by atoms with Crippen LogP contribution in [0.25, 0.3) is 17.3 Å². The van der Waals surface area contributed by atoms with Gasteiger partial charge in [-0.1, -0.05) is 30.3 Å². The van der Waals surface area contributed by atoms with Crippen LogP contribution in [0.5, 0.6) is 0 Å². The van der Waals surface area contributed by atoms with Crippen molar-refractivity contribution in [3.63, 3.8) is 0 Å². The standard InChI is InChI=1S/C18H15N3O2/c22-17(23)9-8-16-13-21(12-14-5-2-1-3-6-14)20-18(16)15-7-4-10-19-11-15/h1-11,13H,12H2,(H,22,23)/p-1/b9-8+. The summed E-state index contributed by atoms with van der Waals surface area (Å²) >= 11 is 0. The molecule has 3 rings (SSSR count). The molecule has 0 amide bonds. The maximum absolute atomic E-state index is 10.7. The molecule has 0 aliphatic carbocycles. The fourth-order valence-electron chi connectivity index (χ4n) is 2.30. The zero-order chi connectivity index (χ0) is 16.1. The third-order valence-corrected chi connectivity index (χ3v) is 3.31. The van der Waals surface area contributed by atoms with Crippen molar-refractivity contribution in [3.8, 4) is 11.3 Å². The van der Waals surface area contributed by atoms with Crippen molar-refractivity contribution in [2.24, 2.45) is 0 Å². The van der Waals surface area contributed by atoms with Crippen LogP contribution in [-0.4, -0.2) is 20.7 Å². The predicted molar refractivity (Wildman–Crippen MR) is 85.0 cm³/mol. The molecule has 3 aromatic rings. The predicted octanol–water partition coefficient (Wildman–Crippen LogP) is 1.76. The van der Waals surface area contributed by atoms with Gasteiger partial charge in [-0.25, -0.2) is 0 Å². The molecule has 0 aliphatic rings. The quantitative estimate of drug-likeness (QED) is 0.673. The second-order valence-corrected chi connectivity index (χ2v) is 5.01. The summed E-state index contributed by atoms with van der Waals surface area (Å²) in [5.41, 5.74) is 3.34. The van der Waals surface area contributed by atoms with Crippen LogP contribution in [0, 0.1) is 0 Å². The summed E-state index contributed by atoms with van der Waals surface area (Å²) in [6, 6.07) is 13.6. The number of carboxylic acids is 1. The Morgan fingerprint density at radius 3 is 2.70 bits per heavy atom. The van der Waals surface area contributed by atoms with Crippen LogP contribution in [0.2, 0.25) is 0 Å². The number of carboxylic acid groups (broad SMARTS) is 1. The Kier molecular flexibility index (Phi) is 4.29. The molecule has 5 heteroatoms. The highest BCUT2D eigenvalue weighted by molar-refractivity contribution is 5.85. The van der Waals surface area contributed by atoms with Gasteiger partial charge in [0.2, 0.25) is 0 Å². The molecule has 0 N–H and O–H groups in total. The van der Waals surface area contributed by atoms with Gasteiger partial charge in [0.1, 0.15) is 5.69 Å². The summed E-state index contributed by atoms with van der Waals surface area (Å²) in [6.45, 7) is 0.604. The highest BCUT2D eigenvalue weighted by Gasteiger charge is 2.09. The maximum atomic E-state index is 10.7. The van der Waals surface area contributed by atoms with Crippen molar-refractivity contribution in [3.05, 3.63) is 78.3 Å². The van der Waals surface area contributed by atoms with E-state index in [1.807, 2.05) is 48.7 Å². The van der Waals surface area contributed by atoms with Crippen molar-refractivity contribution in [1.29, 1.82) is 0 Å². The third-order valence-electron chi connectivity index (χ3n) is 3.31. The average Bonchev–Trinajstić information content (AvgIpc) is 2.97. The van der Waals surface area contributed by atoms with Crippen molar-refractivity contribution < 1.29 is 9.90 Å². The molecule has 2 aromatic heterocycles. The lowest BCUT2D eigenvalue weighted by Crippen LogP contribution is -2.18. The zero-order valence-electron chi connectivity index (χ0n) is 12.3. The molecule has 114 valence electrons. The first kappa shape index (κ1) is 14.7. The van der Waals surface area contributed by atoms with E-state index >= 15 is 0 Å². The second-order valence-electron chi connectivity index (χ2n) is 5.01. The number of hydrogen-bond acceptors (Lipinski definition) is 4. The molecule has 5 nitrogen and oxygen atoms in total. The first-order chi connectivity index (χ1) is 11.2. The van der Waals surface area contributed by atoms with Crippen LogP contribution < -0.4 is 5.11 Å². The number of aliphatic carboxylic acids is 1. The molecule has 0 fully saturated rings. The number of nitrogens with zero attached hydrogens (tertiary/aromatic N) is 3. The molecule has 0 bridgehead atoms. The van der Waals surface area contributed by atoms with Crippen LogP contribution in [0.1, 0.15) is 11.1 Å². The van der Waals surface area contributed by atoms with E-state index in [9.17, 15) is 9.90 Å². The van der Waals surface area contributed by atoms with Gasteiger partial charge in [-0.2, -0.15) is 5.10 Å². The lowest BCUT2D eigenvalue weighted by Gasteiger charge is -2.01. The molecule has 2 heterocycles. The van der Waals surface area contributed by atoms with Crippen LogP contribution in [0.15, 0.2) is 67.1 Å². The van der Waals surface area contributed by atoms with Gasteiger partial charge in [-0.05, 0) is 29.8 Å². The van der Waals surface area contributed by atoms with Gasteiger partial charge in [0, 0.05) is 29.7 Å². The Balaban J connectivity index is 1.98. The number of pyridine rings is 1. The van der Waals surface area contributed by atoms with Crippen LogP contribution >= 0.6 is 0 Å². The summed E-state index contributed by atoms with van der Waals surface area (Å²) in [7, 11) is 0. The molecule has 0 unspecified atom stereocenters. The fourth-order valence-corrected chi connectivity index (χ4v) is 2.30. The van der Waals surface area contributed by atoms with Crippen molar-refractivity contribution in [1.82, 2.24) is 14.8 Å². The second kappa shape index (κ2) is 6.70. The number of benzene rings is 1. The van der Waals surface area contributed by atoms with Crippen LogP contribution in [0.4, 0.5) is 0 Å². The highest BCUT2D eigenvalue weighted by Crippen LogP contribution is 2.22. The van der Waals surface area contributed by atoms with E-state index in [2.05, 4.69) is 10.1 Å². The van der Waals surface area contributed by atoms with Crippen LogP contribution in [-0.2, 0) is 11.3 Å². The maximum Gasteiger partial charge on any atom is 0.101 e. The molecule has 1 aromatic carbocycles. The molecule has 0 aliphatic heterocycles. The summed E-state index contributed by atoms with van der Waals surface area (Å²) in [5, 5.41) is 15.2. The van der Waals surface area contributed by atoms with Gasteiger partial charge in [-0.15, -0.1) is 0 Å². The van der Waals surface area contributed by atoms with E-state index < -0.39 is 5.97 Å². The summed E-state index contributed by atoms with van der Waals surface area (Å²) in [5.74, 6) is -1.24. The third kappa shape index (κ3) is 3.71. The number of rotatable bonds is 5. The number of carbonyl (C=O) groups is 1. The largest absolute Gasteiger partial charge is 0.545 e. The summed E-state index contributed by atoms with van der Waals surface area (Å²) in [6.07, 6.45) is 7.69. The van der Waals surface area contributed by atoms with E-state index in [1.165, 1.54) is 6.08 Å². The molecule has 0 radical (unpaired) electrons. The Hall–Kier alpha value is -3.21. The van der Waals surface area contributed by atoms with E-state index in [0.717, 1.165) is 17.2 Å². The minimum Gasteiger partial charge on any atom is -0.545 e. The van der Waals surface area contributed by atoms with E-state index in [1.54, 1.807) is 17.1 Å². The number of aromatic nitrogens is 3. The van der Waals surface area contributed by atoms with E-state index in [4.69, 9.17) is 0 Å². The molecule has 0 atom stereocenters. The van der Waals surface area contributed by atoms with Gasteiger partial charge in [0.25, 0.3) is 0 Å². The lowest BCUT2D eigenvalue weighted by molar-refractivity contribution is -0.297. The lowest BCUT2D eigenvalue weighted by atomic mass is 10.1. The van der Waals surface area contributed by atoms with E-state index in [0.29, 0.717) is 17.8 Å². The molecular weight excluding hydrogens is 290 g/mol. The van der Waals surface area contributed by atoms with E-state index in [-0.39, 0.29) is 0 Å². The summed E-state index contributed by atoms with van der Waals surface area (Å²) < 4.78 is 1.78. The van der Waals surface area contributed by atoms with Crippen molar-refractivity contribution in [2.75, 3.05) is 0 Å². The Bertz CT molecular complexity index is 824. The monoisotopic (exact) mass is 304 g/mol. The smallest absolute Gasteiger partial charge is 0.101 e. The van der Waals surface area contributed by atoms with Gasteiger partial charge in [0.15, 0.2) is 0 Å². The Morgan fingerprint density at radius 1 is 1.17 bits per heavy atom. The molecular formula is C18H14N3O2-. The minimum atomic E-state index is -1.24. The average molecular weight is 304 g/mol. The molecule has 0 saturated heterocycles. The van der Waals surface area contributed by atoms with Crippen LogP contribution in [0.3, 0.4) is 0 Å². The van der Waals surface area contributed by atoms with Gasteiger partial charge in [0.05, 0.1) is 12.5 Å². The van der Waals surface area contributed by atoms with Gasteiger partial charge >= 0.3 is 0 Å². The van der Waals surface area contributed by atoms with Crippen molar-refractivity contribution >= 4 is 12.0 Å². The molecule has 0 saturated carbocycles. The minimum absolute atomic E-state index is 0.604. The zero-order valence-corrected chi connectivity index (χ0v) is 12.3. The first-order valence-electron chi connectivity index (χ1n) is 7.13. The molecule has 0 spiro atoms. The van der Waals surface area contributed by atoms with Gasteiger partial charge in [-0.3, -0.25) is 9.67 Å². The van der Waals surface area contributed by atoms with Gasteiger partial charge < -0.3 is 9.90 Å². The number of hydrogen-bond donors (Lipinski definition) is 0. The van der Waals surface area contributed by atoms with Crippen molar-refractivity contribution in [2.45, 2.75) is 6.54 Å². The fraction of sp³-hybridized carbons (Fsp3) is 0.0556. The Morgan fingerprint density at radius 2 is 2.00 bits per heavy atom. The normalized spacial score (nSPS) is 11.0. The first-order valence-corrected chi connectivity index (χ1v) is 7.13.